The molecule has 1 aliphatic carbocycles. The van der Waals surface area contributed by atoms with Crippen LogP contribution in [0.4, 0.5) is 5.69 Å². The smallest absolute Gasteiger partial charge is 0.248 e. The van der Waals surface area contributed by atoms with Crippen LogP contribution >= 0.6 is 0 Å². The Morgan fingerprint density at radius 2 is 1.58 bits per heavy atom. The summed E-state index contributed by atoms with van der Waals surface area (Å²) in [5.41, 5.74) is 2.82. The van der Waals surface area contributed by atoms with Gasteiger partial charge >= 0.3 is 0 Å². The molecule has 0 radical (unpaired) electrons. The first-order valence-corrected chi connectivity index (χ1v) is 8.54. The summed E-state index contributed by atoms with van der Waals surface area (Å²) in [7, 11) is 0. The van der Waals surface area contributed by atoms with Crippen LogP contribution < -0.4 is 5.32 Å². The average Bonchev–Trinajstić information content (AvgIpc) is 2.89. The van der Waals surface area contributed by atoms with Gasteiger partial charge in [0.2, 0.25) is 17.7 Å². The molecule has 5 nitrogen and oxygen atoms in total. The van der Waals surface area contributed by atoms with Gasteiger partial charge in [-0.25, -0.2) is 0 Å². The number of hydrogen-bond acceptors (Lipinski definition) is 3. The first kappa shape index (κ1) is 16.4. The van der Waals surface area contributed by atoms with Crippen LogP contribution in [0.15, 0.2) is 35.9 Å². The molecule has 3 amide bonds. The van der Waals surface area contributed by atoms with Gasteiger partial charge in [0.05, 0.1) is 6.54 Å². The van der Waals surface area contributed by atoms with Gasteiger partial charge in [0.15, 0.2) is 0 Å². The molecule has 0 atom stereocenters. The van der Waals surface area contributed by atoms with E-state index in [9.17, 15) is 14.4 Å². The molecule has 1 heterocycles. The first-order valence-electron chi connectivity index (χ1n) is 8.54. The zero-order valence-corrected chi connectivity index (χ0v) is 13.7. The minimum atomic E-state index is -0.114. The predicted molar refractivity (Wildman–Crippen MR) is 91.0 cm³/mol. The van der Waals surface area contributed by atoms with Gasteiger partial charge in [-0.15, -0.1) is 0 Å². The van der Waals surface area contributed by atoms with Gasteiger partial charge in [0.25, 0.3) is 0 Å². The van der Waals surface area contributed by atoms with Gasteiger partial charge in [-0.2, -0.15) is 0 Å². The molecule has 1 N–H and O–H groups in total. The van der Waals surface area contributed by atoms with Crippen LogP contribution in [-0.2, 0) is 20.9 Å². The molecular weight excluding hydrogens is 304 g/mol. The Balaban J connectivity index is 1.57. The van der Waals surface area contributed by atoms with Crippen molar-refractivity contribution in [3.8, 4) is 0 Å². The quantitative estimate of drug-likeness (QED) is 0.683. The van der Waals surface area contributed by atoms with Crippen molar-refractivity contribution in [2.24, 2.45) is 0 Å². The van der Waals surface area contributed by atoms with E-state index < -0.39 is 0 Å². The maximum atomic E-state index is 12.0. The summed E-state index contributed by atoms with van der Waals surface area (Å²) in [5.74, 6) is -0.322. The minimum Gasteiger partial charge on any atom is -0.323 e. The predicted octanol–water partition coefficient (Wildman–Crippen LogP) is 3.16. The first-order chi connectivity index (χ1) is 11.6. The van der Waals surface area contributed by atoms with Crippen molar-refractivity contribution in [2.45, 2.75) is 51.5 Å². The van der Waals surface area contributed by atoms with Crippen LogP contribution in [0.1, 0.15) is 50.5 Å². The Morgan fingerprint density at radius 1 is 0.958 bits per heavy atom. The number of rotatable bonds is 4. The van der Waals surface area contributed by atoms with Crippen molar-refractivity contribution in [3.63, 3.8) is 0 Å². The van der Waals surface area contributed by atoms with Gasteiger partial charge in [0, 0.05) is 24.6 Å². The molecule has 1 aromatic carbocycles. The second-order valence-electron chi connectivity index (χ2n) is 6.42. The van der Waals surface area contributed by atoms with Crippen molar-refractivity contribution in [1.82, 2.24) is 4.90 Å². The van der Waals surface area contributed by atoms with E-state index in [0.717, 1.165) is 24.1 Å². The lowest BCUT2D eigenvalue weighted by Crippen LogP contribution is -2.28. The number of hydrogen-bond donors (Lipinski definition) is 1. The summed E-state index contributed by atoms with van der Waals surface area (Å²) in [5, 5.41) is 2.86. The fourth-order valence-corrected chi connectivity index (χ4v) is 3.19. The highest BCUT2D eigenvalue weighted by atomic mass is 16.2. The van der Waals surface area contributed by atoms with Crippen LogP contribution in [0.25, 0.3) is 0 Å². The number of nitrogens with zero attached hydrogens (tertiary/aromatic N) is 1. The maximum Gasteiger partial charge on any atom is 0.248 e. The molecule has 1 aromatic rings. The third kappa shape index (κ3) is 4.10. The highest BCUT2D eigenvalue weighted by molar-refractivity contribution is 6.02. The molecular formula is C19H22N2O3. The van der Waals surface area contributed by atoms with E-state index in [1.165, 1.54) is 29.7 Å². The van der Waals surface area contributed by atoms with Crippen LogP contribution in [0.2, 0.25) is 0 Å². The molecule has 5 heteroatoms. The number of likely N-dealkylation sites (tertiary alicyclic amines) is 1. The fraction of sp³-hybridized carbons (Fsp3) is 0.421. The molecule has 1 aliphatic heterocycles. The summed E-state index contributed by atoms with van der Waals surface area (Å²) in [6.07, 6.45) is 7.96. The maximum absolute atomic E-state index is 12.0. The molecule has 2 fully saturated rings. The van der Waals surface area contributed by atoms with Crippen LogP contribution in [0.3, 0.4) is 0 Å². The highest BCUT2D eigenvalue weighted by Gasteiger charge is 2.28. The number of benzene rings is 1. The molecule has 0 bridgehead atoms. The number of imide groups is 1. The van der Waals surface area contributed by atoms with Gasteiger partial charge in [-0.3, -0.25) is 19.3 Å². The SMILES string of the molecule is O=C(C=C1CCCCC1)Nc1ccc(CN2C(=O)CCC2=O)cc1. The summed E-state index contributed by atoms with van der Waals surface area (Å²) in [6.45, 7) is 0.302. The van der Waals surface area contributed by atoms with Crippen LogP contribution in [0.5, 0.6) is 0 Å². The van der Waals surface area contributed by atoms with Crippen molar-refractivity contribution >= 4 is 23.4 Å². The Kier molecular flexibility index (Phi) is 5.08. The van der Waals surface area contributed by atoms with Gasteiger partial charge in [-0.05, 0) is 43.4 Å². The fourth-order valence-electron chi connectivity index (χ4n) is 3.19. The number of amides is 3. The second-order valence-corrected chi connectivity index (χ2v) is 6.42. The van der Waals surface area contributed by atoms with E-state index in [1.807, 2.05) is 12.1 Å². The Morgan fingerprint density at radius 3 is 2.21 bits per heavy atom. The summed E-state index contributed by atoms with van der Waals surface area (Å²) < 4.78 is 0. The Bertz CT molecular complexity index is 652. The van der Waals surface area contributed by atoms with Gasteiger partial charge in [-0.1, -0.05) is 24.1 Å². The Labute approximate surface area is 141 Å². The van der Waals surface area contributed by atoms with Crippen molar-refractivity contribution in [2.75, 3.05) is 5.32 Å². The number of nitrogens with one attached hydrogen (secondary N) is 1. The summed E-state index contributed by atoms with van der Waals surface area (Å²) >= 11 is 0. The topological polar surface area (TPSA) is 66.5 Å². The second kappa shape index (κ2) is 7.43. The van der Waals surface area contributed by atoms with E-state index >= 15 is 0 Å². The zero-order valence-electron chi connectivity index (χ0n) is 13.7. The van der Waals surface area contributed by atoms with Crippen molar-refractivity contribution in [3.05, 3.63) is 41.5 Å². The van der Waals surface area contributed by atoms with E-state index in [2.05, 4.69) is 5.32 Å². The Hall–Kier alpha value is -2.43. The van der Waals surface area contributed by atoms with Gasteiger partial charge < -0.3 is 5.32 Å². The third-order valence-electron chi connectivity index (χ3n) is 4.55. The number of carbonyl (C=O) groups excluding carboxylic acids is 3. The van der Waals surface area contributed by atoms with Crippen LogP contribution in [-0.4, -0.2) is 22.6 Å². The zero-order chi connectivity index (χ0) is 16.9. The standard InChI is InChI=1S/C19H22N2O3/c22-17(12-14-4-2-1-3-5-14)20-16-8-6-15(7-9-16)13-21-18(23)10-11-19(21)24/h6-9,12H,1-5,10-11,13H2,(H,20,22). The monoisotopic (exact) mass is 326 g/mol. The molecule has 3 rings (SSSR count). The minimum absolute atomic E-state index is 0.0930. The molecule has 24 heavy (non-hydrogen) atoms. The van der Waals surface area contributed by atoms with E-state index in [0.29, 0.717) is 19.4 Å². The number of carbonyl (C=O) groups is 3. The van der Waals surface area contributed by atoms with E-state index in [4.69, 9.17) is 0 Å². The molecule has 1 saturated carbocycles. The lowest BCUT2D eigenvalue weighted by Gasteiger charge is -2.14. The van der Waals surface area contributed by atoms with Crippen molar-refractivity contribution in [1.29, 1.82) is 0 Å². The van der Waals surface area contributed by atoms with Crippen LogP contribution in [0, 0.1) is 0 Å². The molecule has 0 spiro atoms. The van der Waals surface area contributed by atoms with Crippen molar-refractivity contribution < 1.29 is 14.4 Å². The molecule has 1 saturated heterocycles. The van der Waals surface area contributed by atoms with Gasteiger partial charge in [0.1, 0.15) is 0 Å². The molecule has 0 unspecified atom stereocenters. The lowest BCUT2D eigenvalue weighted by atomic mass is 9.94. The summed E-state index contributed by atoms with van der Waals surface area (Å²) in [4.78, 5) is 36.6. The molecule has 126 valence electrons. The lowest BCUT2D eigenvalue weighted by molar-refractivity contribution is -0.139. The normalized spacial score (nSPS) is 18.0. The number of anilines is 1. The average molecular weight is 326 g/mol. The number of allylic oxidation sites excluding steroid dienone is 1. The summed E-state index contributed by atoms with van der Waals surface area (Å²) in [6, 6.07) is 7.28. The molecule has 0 aromatic heterocycles. The van der Waals surface area contributed by atoms with E-state index in [-0.39, 0.29) is 17.7 Å². The highest BCUT2D eigenvalue weighted by Crippen LogP contribution is 2.23. The van der Waals surface area contributed by atoms with E-state index in [1.54, 1.807) is 18.2 Å². The third-order valence-corrected chi connectivity index (χ3v) is 4.55. The molecule has 2 aliphatic rings. The largest absolute Gasteiger partial charge is 0.323 e.